The van der Waals surface area contributed by atoms with E-state index in [1.807, 2.05) is 6.92 Å². The largest absolute Gasteiger partial charge is 0.408 e. The molecule has 0 fully saturated rings. The highest BCUT2D eigenvalue weighted by molar-refractivity contribution is 6.12. The van der Waals surface area contributed by atoms with Crippen molar-refractivity contribution in [3.8, 4) is 11.3 Å². The number of carbonyl (C=O) groups is 2. The normalized spacial score (nSPS) is 14.9. The number of nitrogens with zero attached hydrogens (tertiary/aromatic N) is 5. The first-order valence-electron chi connectivity index (χ1n) is 11.0. The molecule has 11 heteroatoms. The lowest BCUT2D eigenvalue weighted by Crippen LogP contribution is -2.39. The Morgan fingerprint density at radius 3 is 2.54 bits per heavy atom. The molecule has 1 aliphatic heterocycles. The summed E-state index contributed by atoms with van der Waals surface area (Å²) in [4.78, 5) is 36.4. The van der Waals surface area contributed by atoms with Crippen molar-refractivity contribution in [1.82, 2.24) is 25.1 Å². The van der Waals surface area contributed by atoms with E-state index in [1.54, 1.807) is 46.0 Å². The molecule has 0 aliphatic carbocycles. The van der Waals surface area contributed by atoms with Crippen molar-refractivity contribution in [2.45, 2.75) is 52.9 Å². The van der Waals surface area contributed by atoms with Gasteiger partial charge in [0.05, 0.1) is 45.6 Å². The fourth-order valence-electron chi connectivity index (χ4n) is 4.34. The molecular formula is C24H25F3N6O2. The molecule has 2 amide bonds. The Kier molecular flexibility index (Phi) is 5.90. The van der Waals surface area contributed by atoms with Crippen LogP contribution in [0.2, 0.25) is 0 Å². The van der Waals surface area contributed by atoms with Gasteiger partial charge in [0.1, 0.15) is 6.54 Å². The third-order valence-electron chi connectivity index (χ3n) is 5.96. The first-order chi connectivity index (χ1) is 16.3. The third kappa shape index (κ3) is 4.38. The number of pyridine rings is 2. The van der Waals surface area contributed by atoms with Crippen LogP contribution in [0.15, 0.2) is 30.7 Å². The highest BCUT2D eigenvalue weighted by atomic mass is 19.4. The molecule has 1 aliphatic rings. The average Bonchev–Trinajstić information content (AvgIpc) is 3.26. The van der Waals surface area contributed by atoms with Gasteiger partial charge in [-0.05, 0) is 52.3 Å². The Morgan fingerprint density at radius 2 is 1.89 bits per heavy atom. The van der Waals surface area contributed by atoms with Crippen LogP contribution in [0.1, 0.15) is 58.4 Å². The van der Waals surface area contributed by atoms with Crippen molar-refractivity contribution in [1.29, 1.82) is 0 Å². The van der Waals surface area contributed by atoms with Crippen molar-refractivity contribution < 1.29 is 22.8 Å². The number of halogens is 3. The molecule has 0 saturated carbocycles. The minimum atomic E-state index is -4.43. The van der Waals surface area contributed by atoms with E-state index >= 15 is 0 Å². The molecule has 0 spiro atoms. The van der Waals surface area contributed by atoms with E-state index < -0.39 is 18.3 Å². The maximum absolute atomic E-state index is 13.4. The number of alkyl halides is 3. The minimum absolute atomic E-state index is 0.241. The first kappa shape index (κ1) is 24.4. The van der Waals surface area contributed by atoms with Gasteiger partial charge in [0.25, 0.3) is 11.8 Å². The summed E-state index contributed by atoms with van der Waals surface area (Å²) >= 11 is 0. The van der Waals surface area contributed by atoms with E-state index in [0.717, 1.165) is 4.68 Å². The summed E-state index contributed by atoms with van der Waals surface area (Å²) in [7, 11) is 0. The molecule has 0 unspecified atom stereocenters. The number of fused-ring (bicyclic) bond motifs is 1. The molecular weight excluding hydrogens is 461 g/mol. The van der Waals surface area contributed by atoms with Gasteiger partial charge < -0.3 is 5.32 Å². The van der Waals surface area contributed by atoms with Crippen LogP contribution >= 0.6 is 0 Å². The van der Waals surface area contributed by atoms with Gasteiger partial charge in [0.2, 0.25) is 0 Å². The summed E-state index contributed by atoms with van der Waals surface area (Å²) in [5.74, 6) is -0.604. The topological polar surface area (TPSA) is 93.0 Å². The van der Waals surface area contributed by atoms with Gasteiger partial charge >= 0.3 is 6.18 Å². The third-order valence-corrected chi connectivity index (χ3v) is 5.96. The van der Waals surface area contributed by atoms with Crippen molar-refractivity contribution in [3.05, 3.63) is 58.8 Å². The molecule has 3 aromatic heterocycles. The molecule has 4 heterocycles. The summed E-state index contributed by atoms with van der Waals surface area (Å²) in [6.07, 6.45) is -0.360. The zero-order chi connectivity index (χ0) is 25.7. The van der Waals surface area contributed by atoms with Gasteiger partial charge in [0.15, 0.2) is 0 Å². The van der Waals surface area contributed by atoms with Gasteiger partial charge in [-0.2, -0.15) is 18.3 Å². The summed E-state index contributed by atoms with van der Waals surface area (Å²) in [5.41, 5.74) is 2.99. The van der Waals surface area contributed by atoms with Gasteiger partial charge in [-0.1, -0.05) is 0 Å². The van der Waals surface area contributed by atoms with E-state index in [-0.39, 0.29) is 17.5 Å². The summed E-state index contributed by atoms with van der Waals surface area (Å²) in [6.45, 7) is 8.13. The molecule has 0 aromatic carbocycles. The molecule has 0 bridgehead atoms. The number of nitrogens with one attached hydrogen (secondary N) is 1. The Balaban J connectivity index is 1.76. The molecule has 4 rings (SSSR count). The first-order valence-corrected chi connectivity index (χ1v) is 11.0. The Morgan fingerprint density at radius 1 is 1.17 bits per heavy atom. The Labute approximate surface area is 200 Å². The van der Waals surface area contributed by atoms with Crippen LogP contribution in [0.5, 0.6) is 0 Å². The second kappa shape index (κ2) is 8.47. The van der Waals surface area contributed by atoms with E-state index in [2.05, 4.69) is 15.4 Å². The lowest BCUT2D eigenvalue weighted by atomic mass is 9.95. The van der Waals surface area contributed by atoms with E-state index in [4.69, 9.17) is 4.98 Å². The van der Waals surface area contributed by atoms with Gasteiger partial charge in [-0.15, -0.1) is 0 Å². The predicted molar refractivity (Wildman–Crippen MR) is 123 cm³/mol. The number of aromatic nitrogens is 4. The van der Waals surface area contributed by atoms with Crippen LogP contribution in [-0.2, 0) is 12.1 Å². The Bertz CT molecular complexity index is 1330. The summed E-state index contributed by atoms with van der Waals surface area (Å²) in [6, 6.07) is 3.46. The quantitative estimate of drug-likeness (QED) is 0.585. The second-order valence-corrected chi connectivity index (χ2v) is 8.98. The number of hydrogen-bond donors (Lipinski definition) is 1. The number of amides is 2. The second-order valence-electron chi connectivity index (χ2n) is 8.98. The maximum Gasteiger partial charge on any atom is 0.408 e. The number of anilines is 1. The van der Waals surface area contributed by atoms with Gasteiger partial charge in [-0.3, -0.25) is 24.2 Å². The smallest absolute Gasteiger partial charge is 0.352 e. The highest BCUT2D eigenvalue weighted by Crippen LogP contribution is 2.43. The minimum Gasteiger partial charge on any atom is -0.352 e. The van der Waals surface area contributed by atoms with E-state index in [9.17, 15) is 22.8 Å². The SMILES string of the molecule is CCNC(=O)c1cc(-c2cc(C)c3c(n2)C(C)(C)N(c2cnn(CC(F)(F)F)c2)C3=O)cnc1C. The molecule has 1 N–H and O–H groups in total. The zero-order valence-electron chi connectivity index (χ0n) is 20.0. The number of hydrogen-bond acceptors (Lipinski definition) is 5. The Hall–Kier alpha value is -3.76. The van der Waals surface area contributed by atoms with E-state index in [1.165, 1.54) is 17.3 Å². The molecule has 0 saturated heterocycles. The monoisotopic (exact) mass is 486 g/mol. The van der Waals surface area contributed by atoms with Gasteiger partial charge in [0, 0.05) is 24.5 Å². The van der Waals surface area contributed by atoms with Crippen LogP contribution in [0.25, 0.3) is 11.3 Å². The summed E-state index contributed by atoms with van der Waals surface area (Å²) < 4.78 is 39.1. The van der Waals surface area contributed by atoms with Crippen LogP contribution < -0.4 is 10.2 Å². The predicted octanol–water partition coefficient (Wildman–Crippen LogP) is 4.16. The van der Waals surface area contributed by atoms with Crippen LogP contribution in [-0.4, -0.2) is 44.3 Å². The standard InChI is InChI=1S/C24H25F3N6O2/c1-6-28-21(34)17-8-15(9-29-14(17)3)18-7-13(2)19-20(31-18)23(4,5)33(22(19)35)16-10-30-32(11-16)12-24(25,26)27/h7-11H,6,12H2,1-5H3,(H,28,34). The number of rotatable bonds is 5. The average molecular weight is 486 g/mol. The van der Waals surface area contributed by atoms with Crippen LogP contribution in [0.4, 0.5) is 18.9 Å². The van der Waals surface area contributed by atoms with Crippen molar-refractivity contribution in [2.75, 3.05) is 11.4 Å². The molecule has 0 radical (unpaired) electrons. The lowest BCUT2D eigenvalue weighted by Gasteiger charge is -2.30. The molecule has 35 heavy (non-hydrogen) atoms. The van der Waals surface area contributed by atoms with Crippen molar-refractivity contribution in [2.24, 2.45) is 0 Å². The molecule has 184 valence electrons. The fourth-order valence-corrected chi connectivity index (χ4v) is 4.34. The van der Waals surface area contributed by atoms with Crippen molar-refractivity contribution in [3.63, 3.8) is 0 Å². The molecule has 3 aromatic rings. The van der Waals surface area contributed by atoms with E-state index in [0.29, 0.717) is 45.9 Å². The number of aryl methyl sites for hydroxylation is 2. The highest BCUT2D eigenvalue weighted by Gasteiger charge is 2.47. The maximum atomic E-state index is 13.4. The molecule has 8 nitrogen and oxygen atoms in total. The van der Waals surface area contributed by atoms with Crippen LogP contribution in [0, 0.1) is 13.8 Å². The molecule has 0 atom stereocenters. The number of carbonyl (C=O) groups excluding carboxylic acids is 2. The summed E-state index contributed by atoms with van der Waals surface area (Å²) in [5, 5.41) is 6.55. The van der Waals surface area contributed by atoms with Gasteiger partial charge in [-0.25, -0.2) is 4.98 Å². The zero-order valence-corrected chi connectivity index (χ0v) is 20.0. The fraction of sp³-hybridized carbons (Fsp3) is 0.375. The van der Waals surface area contributed by atoms with Crippen LogP contribution in [0.3, 0.4) is 0 Å². The van der Waals surface area contributed by atoms with Crippen molar-refractivity contribution >= 4 is 17.5 Å². The lowest BCUT2D eigenvalue weighted by molar-refractivity contribution is -0.142.